The summed E-state index contributed by atoms with van der Waals surface area (Å²) in [5, 5.41) is 9.45. The predicted molar refractivity (Wildman–Crippen MR) is 92.8 cm³/mol. The summed E-state index contributed by atoms with van der Waals surface area (Å²) in [6.07, 6.45) is -5.33. The van der Waals surface area contributed by atoms with Crippen LogP contribution >= 0.6 is 0 Å². The second kappa shape index (κ2) is 7.44. The van der Waals surface area contributed by atoms with Crippen LogP contribution in [0.4, 0.5) is 18.0 Å². The van der Waals surface area contributed by atoms with Crippen molar-refractivity contribution in [1.29, 1.82) is 0 Å². The van der Waals surface area contributed by atoms with E-state index in [4.69, 9.17) is 5.73 Å². The number of carboxylic acid groups (broad SMARTS) is 1. The van der Waals surface area contributed by atoms with Crippen LogP contribution in [0.1, 0.15) is 37.9 Å². The van der Waals surface area contributed by atoms with Gasteiger partial charge in [-0.25, -0.2) is 4.79 Å². The highest BCUT2D eigenvalue weighted by atomic mass is 19.4. The van der Waals surface area contributed by atoms with E-state index in [1.807, 2.05) is 20.8 Å². The smallest absolute Gasteiger partial charge is 0.416 e. The van der Waals surface area contributed by atoms with Crippen molar-refractivity contribution in [1.82, 2.24) is 9.80 Å². The van der Waals surface area contributed by atoms with Gasteiger partial charge in [0, 0.05) is 32.2 Å². The molecule has 8 heteroatoms. The lowest BCUT2D eigenvalue weighted by Gasteiger charge is -2.48. The molecule has 26 heavy (non-hydrogen) atoms. The number of halogens is 3. The molecule has 2 atom stereocenters. The first kappa shape index (κ1) is 20.5. The van der Waals surface area contributed by atoms with Crippen LogP contribution in [0.15, 0.2) is 24.3 Å². The average Bonchev–Trinajstić information content (AvgIpc) is 2.54. The third-order valence-corrected chi connectivity index (χ3v) is 4.94. The normalized spacial score (nSPS) is 20.9. The monoisotopic (exact) mass is 373 g/mol. The second-order valence-corrected chi connectivity index (χ2v) is 7.72. The molecule has 1 saturated heterocycles. The molecule has 1 aliphatic heterocycles. The van der Waals surface area contributed by atoms with Crippen molar-refractivity contribution in [2.75, 3.05) is 26.2 Å². The van der Waals surface area contributed by atoms with Crippen molar-refractivity contribution in [3.63, 3.8) is 0 Å². The van der Waals surface area contributed by atoms with Gasteiger partial charge in [-0.15, -0.1) is 0 Å². The molecule has 1 aromatic rings. The first-order valence-corrected chi connectivity index (χ1v) is 8.56. The molecule has 1 fully saturated rings. The molecule has 0 bridgehead atoms. The van der Waals surface area contributed by atoms with Gasteiger partial charge in [0.25, 0.3) is 0 Å². The molecule has 0 radical (unpaired) electrons. The molecule has 2 rings (SSSR count). The number of piperazine rings is 1. The SMILES string of the molecule is CC(C)(C)C1CN(C(CN)c2ccc(C(F)(F)F)cc2)CCN1C(=O)O. The number of alkyl halides is 3. The summed E-state index contributed by atoms with van der Waals surface area (Å²) in [7, 11) is 0. The maximum absolute atomic E-state index is 12.8. The van der Waals surface area contributed by atoms with Crippen LogP contribution in [-0.2, 0) is 6.18 Å². The predicted octanol–water partition coefficient (Wildman–Crippen LogP) is 3.42. The van der Waals surface area contributed by atoms with E-state index in [0.29, 0.717) is 25.2 Å². The van der Waals surface area contributed by atoms with Gasteiger partial charge in [-0.1, -0.05) is 32.9 Å². The van der Waals surface area contributed by atoms with Crippen LogP contribution in [0.5, 0.6) is 0 Å². The highest BCUT2D eigenvalue weighted by molar-refractivity contribution is 5.65. The molecule has 2 unspecified atom stereocenters. The van der Waals surface area contributed by atoms with Gasteiger partial charge < -0.3 is 15.7 Å². The fraction of sp³-hybridized carbons (Fsp3) is 0.611. The highest BCUT2D eigenvalue weighted by Crippen LogP contribution is 2.33. The minimum Gasteiger partial charge on any atom is -0.465 e. The van der Waals surface area contributed by atoms with Gasteiger partial charge in [-0.3, -0.25) is 4.90 Å². The van der Waals surface area contributed by atoms with Gasteiger partial charge in [-0.2, -0.15) is 13.2 Å². The van der Waals surface area contributed by atoms with Gasteiger partial charge in [0.15, 0.2) is 0 Å². The standard InChI is InChI=1S/C18H26F3N3O2/c1-17(2,3)15-11-23(8-9-24(15)16(25)26)14(10-22)12-4-6-13(7-5-12)18(19,20)21/h4-7,14-15H,8-11,22H2,1-3H3,(H,25,26). The van der Waals surface area contributed by atoms with Gasteiger partial charge in [0.2, 0.25) is 0 Å². The Morgan fingerprint density at radius 2 is 1.81 bits per heavy atom. The molecule has 1 aliphatic rings. The highest BCUT2D eigenvalue weighted by Gasteiger charge is 2.40. The molecule has 1 amide bonds. The third kappa shape index (κ3) is 4.48. The fourth-order valence-corrected chi connectivity index (χ4v) is 3.45. The Bertz CT molecular complexity index is 626. The number of hydrogen-bond donors (Lipinski definition) is 2. The zero-order valence-electron chi connectivity index (χ0n) is 15.3. The van der Waals surface area contributed by atoms with Crippen LogP contribution in [0.25, 0.3) is 0 Å². The van der Waals surface area contributed by atoms with Gasteiger partial charge in [-0.05, 0) is 23.1 Å². The minimum absolute atomic E-state index is 0.225. The quantitative estimate of drug-likeness (QED) is 0.852. The molecular formula is C18H26F3N3O2. The Labute approximate surface area is 151 Å². The maximum Gasteiger partial charge on any atom is 0.416 e. The number of carbonyl (C=O) groups is 1. The van der Waals surface area contributed by atoms with Crippen LogP contribution < -0.4 is 5.73 Å². The number of nitrogens with two attached hydrogens (primary N) is 1. The van der Waals surface area contributed by atoms with Gasteiger partial charge in [0.1, 0.15) is 0 Å². The molecule has 1 aromatic carbocycles. The summed E-state index contributed by atoms with van der Waals surface area (Å²) < 4.78 is 38.3. The number of benzene rings is 1. The van der Waals surface area contributed by atoms with Crippen LogP contribution in [0, 0.1) is 5.41 Å². The maximum atomic E-state index is 12.8. The molecule has 0 aromatic heterocycles. The van der Waals surface area contributed by atoms with Crippen LogP contribution in [0.3, 0.4) is 0 Å². The van der Waals surface area contributed by atoms with Crippen molar-refractivity contribution in [2.45, 2.75) is 39.0 Å². The number of nitrogens with zero attached hydrogens (tertiary/aromatic N) is 2. The Morgan fingerprint density at radius 3 is 2.23 bits per heavy atom. The first-order valence-electron chi connectivity index (χ1n) is 8.56. The van der Waals surface area contributed by atoms with E-state index in [-0.39, 0.29) is 24.0 Å². The summed E-state index contributed by atoms with van der Waals surface area (Å²) >= 11 is 0. The lowest BCUT2D eigenvalue weighted by Crippen LogP contribution is -2.60. The van der Waals surface area contributed by atoms with Crippen LogP contribution in [0.2, 0.25) is 0 Å². The summed E-state index contributed by atoms with van der Waals surface area (Å²) in [5.41, 5.74) is 5.66. The molecule has 0 saturated carbocycles. The summed E-state index contributed by atoms with van der Waals surface area (Å²) in [5.74, 6) is 0. The topological polar surface area (TPSA) is 69.8 Å². The van der Waals surface area contributed by atoms with E-state index >= 15 is 0 Å². The summed E-state index contributed by atoms with van der Waals surface area (Å²) in [6, 6.07) is 4.56. The van der Waals surface area contributed by atoms with E-state index in [0.717, 1.165) is 12.1 Å². The van der Waals surface area contributed by atoms with Gasteiger partial charge in [0.05, 0.1) is 11.6 Å². The van der Waals surface area contributed by atoms with Crippen molar-refractivity contribution in [2.24, 2.45) is 11.1 Å². The van der Waals surface area contributed by atoms with Crippen molar-refractivity contribution < 1.29 is 23.1 Å². The van der Waals surface area contributed by atoms with Crippen molar-refractivity contribution in [3.05, 3.63) is 35.4 Å². The summed E-state index contributed by atoms with van der Waals surface area (Å²) in [4.78, 5) is 15.0. The lowest BCUT2D eigenvalue weighted by atomic mass is 9.83. The number of hydrogen-bond acceptors (Lipinski definition) is 3. The first-order chi connectivity index (χ1) is 11.9. The Kier molecular flexibility index (Phi) is 5.87. The van der Waals surface area contributed by atoms with E-state index in [2.05, 4.69) is 4.90 Å². The zero-order valence-corrected chi connectivity index (χ0v) is 15.3. The van der Waals surface area contributed by atoms with E-state index in [1.165, 1.54) is 17.0 Å². The second-order valence-electron chi connectivity index (χ2n) is 7.72. The summed E-state index contributed by atoms with van der Waals surface area (Å²) in [6.45, 7) is 7.50. The van der Waals surface area contributed by atoms with E-state index in [9.17, 15) is 23.1 Å². The minimum atomic E-state index is -4.37. The van der Waals surface area contributed by atoms with Gasteiger partial charge >= 0.3 is 12.3 Å². The molecular weight excluding hydrogens is 347 g/mol. The fourth-order valence-electron chi connectivity index (χ4n) is 3.45. The Balaban J connectivity index is 2.23. The van der Waals surface area contributed by atoms with Crippen molar-refractivity contribution in [3.8, 4) is 0 Å². The van der Waals surface area contributed by atoms with Crippen molar-refractivity contribution >= 4 is 6.09 Å². The van der Waals surface area contributed by atoms with Crippen LogP contribution in [-0.4, -0.2) is 53.2 Å². The number of amides is 1. The van der Waals surface area contributed by atoms with E-state index in [1.54, 1.807) is 0 Å². The van der Waals surface area contributed by atoms with E-state index < -0.39 is 17.8 Å². The lowest BCUT2D eigenvalue weighted by molar-refractivity contribution is -0.137. The zero-order chi connectivity index (χ0) is 19.7. The average molecular weight is 373 g/mol. The molecule has 0 spiro atoms. The number of rotatable bonds is 3. The molecule has 146 valence electrons. The Morgan fingerprint density at radius 1 is 1.23 bits per heavy atom. The third-order valence-electron chi connectivity index (χ3n) is 4.94. The Hall–Kier alpha value is -1.80. The molecule has 3 N–H and O–H groups in total. The molecule has 5 nitrogen and oxygen atoms in total. The molecule has 1 heterocycles. The largest absolute Gasteiger partial charge is 0.465 e. The molecule has 0 aliphatic carbocycles.